The summed E-state index contributed by atoms with van der Waals surface area (Å²) in [5.74, 6) is 1.25. The number of sulfonamides is 1. The number of nitrogens with zero attached hydrogens (tertiary/aromatic N) is 5. The zero-order valence-electron chi connectivity index (χ0n) is 20.3. The van der Waals surface area contributed by atoms with Crippen LogP contribution in [0.15, 0.2) is 54.1 Å². The summed E-state index contributed by atoms with van der Waals surface area (Å²) in [6.45, 7) is 4.40. The van der Waals surface area contributed by atoms with Gasteiger partial charge in [-0.25, -0.2) is 13.1 Å². The van der Waals surface area contributed by atoms with Crippen LogP contribution in [0.1, 0.15) is 49.4 Å². The third-order valence-electron chi connectivity index (χ3n) is 6.86. The standard InChI is InChI=1S/C26H29N7O2S/c1-16(2)12-30-36(34,35)25-22-10-20(31-26-32-29-15-33(26)21-4-3-7-27-14-21)9-18(22)8-19-13-28-24(11-23(19)25)17-5-6-17/h3-4,7-8,11,13-17,20,30H,5-6,9-10,12H2,1-2H3,(H,31,32)/t20-/m1/s1. The van der Waals surface area contributed by atoms with Gasteiger partial charge in [0.15, 0.2) is 0 Å². The van der Waals surface area contributed by atoms with Crippen LogP contribution in [0.3, 0.4) is 0 Å². The van der Waals surface area contributed by atoms with Crippen LogP contribution >= 0.6 is 0 Å². The van der Waals surface area contributed by atoms with E-state index in [1.54, 1.807) is 18.7 Å². The number of anilines is 1. The molecule has 36 heavy (non-hydrogen) atoms. The van der Waals surface area contributed by atoms with Gasteiger partial charge < -0.3 is 5.32 Å². The Morgan fingerprint density at radius 3 is 2.78 bits per heavy atom. The number of pyridine rings is 2. The van der Waals surface area contributed by atoms with Crippen LogP contribution in [0.4, 0.5) is 5.95 Å². The van der Waals surface area contributed by atoms with Gasteiger partial charge in [0.25, 0.3) is 0 Å². The molecule has 2 N–H and O–H groups in total. The summed E-state index contributed by atoms with van der Waals surface area (Å²) in [7, 11) is -3.71. The van der Waals surface area contributed by atoms with Crippen molar-refractivity contribution < 1.29 is 8.42 Å². The fourth-order valence-electron chi connectivity index (χ4n) is 4.93. The number of nitrogens with one attached hydrogen (secondary N) is 2. The second-order valence-corrected chi connectivity index (χ2v) is 11.9. The zero-order chi connectivity index (χ0) is 24.9. The number of aromatic nitrogens is 5. The summed E-state index contributed by atoms with van der Waals surface area (Å²) in [5, 5.41) is 13.5. The Bertz CT molecular complexity index is 1530. The first kappa shape index (κ1) is 23.1. The van der Waals surface area contributed by atoms with Crippen LogP contribution in [0.5, 0.6) is 0 Å². The van der Waals surface area contributed by atoms with E-state index in [9.17, 15) is 8.42 Å². The lowest BCUT2D eigenvalue weighted by Gasteiger charge is -2.16. The molecule has 2 aliphatic carbocycles. The van der Waals surface area contributed by atoms with Gasteiger partial charge in [0.1, 0.15) is 6.33 Å². The van der Waals surface area contributed by atoms with Crippen molar-refractivity contribution in [2.24, 2.45) is 5.92 Å². The van der Waals surface area contributed by atoms with E-state index in [2.05, 4.69) is 36.3 Å². The lowest BCUT2D eigenvalue weighted by atomic mass is 10.0. The first-order valence-electron chi connectivity index (χ1n) is 12.4. The van der Waals surface area contributed by atoms with E-state index in [0.717, 1.165) is 46.1 Å². The highest BCUT2D eigenvalue weighted by molar-refractivity contribution is 7.89. The van der Waals surface area contributed by atoms with Crippen molar-refractivity contribution in [3.05, 3.63) is 66.0 Å². The third kappa shape index (κ3) is 4.35. The number of hydrogen-bond donors (Lipinski definition) is 2. The van der Waals surface area contributed by atoms with Crippen LogP contribution < -0.4 is 10.0 Å². The molecule has 1 atom stereocenters. The molecule has 9 nitrogen and oxygen atoms in total. The summed E-state index contributed by atoms with van der Waals surface area (Å²) in [6, 6.07) is 7.88. The molecule has 0 spiro atoms. The average molecular weight is 504 g/mol. The van der Waals surface area contributed by atoms with E-state index in [0.29, 0.717) is 36.1 Å². The molecular formula is C26H29N7O2S. The predicted octanol–water partition coefficient (Wildman–Crippen LogP) is 3.60. The molecule has 1 aromatic carbocycles. The molecule has 1 saturated carbocycles. The predicted molar refractivity (Wildman–Crippen MR) is 138 cm³/mol. The molecule has 0 aliphatic heterocycles. The van der Waals surface area contributed by atoms with Crippen molar-refractivity contribution in [2.75, 3.05) is 11.9 Å². The van der Waals surface area contributed by atoms with Gasteiger partial charge in [-0.2, -0.15) is 0 Å². The van der Waals surface area contributed by atoms with Gasteiger partial charge in [-0.3, -0.25) is 14.5 Å². The summed E-state index contributed by atoms with van der Waals surface area (Å²) in [6.07, 6.45) is 10.4. The Balaban J connectivity index is 1.38. The van der Waals surface area contributed by atoms with Gasteiger partial charge in [0.05, 0.1) is 16.8 Å². The van der Waals surface area contributed by atoms with Crippen LogP contribution in [-0.4, -0.2) is 45.7 Å². The molecule has 0 saturated heterocycles. The minimum atomic E-state index is -3.71. The lowest BCUT2D eigenvalue weighted by Crippen LogP contribution is -2.29. The molecule has 2 aliphatic rings. The minimum Gasteiger partial charge on any atom is -0.351 e. The molecule has 10 heteroatoms. The number of rotatable bonds is 8. The number of benzene rings is 1. The van der Waals surface area contributed by atoms with Crippen molar-refractivity contribution in [3.8, 4) is 5.69 Å². The first-order chi connectivity index (χ1) is 17.4. The average Bonchev–Trinajstić information content (AvgIpc) is 3.49. The quantitative estimate of drug-likeness (QED) is 0.378. The highest BCUT2D eigenvalue weighted by Crippen LogP contribution is 2.42. The second kappa shape index (κ2) is 8.94. The fraction of sp³-hybridized carbons (Fsp3) is 0.385. The normalized spacial score (nSPS) is 17.6. The molecule has 186 valence electrons. The van der Waals surface area contributed by atoms with E-state index < -0.39 is 10.0 Å². The highest BCUT2D eigenvalue weighted by Gasteiger charge is 2.33. The fourth-order valence-corrected chi connectivity index (χ4v) is 6.63. The second-order valence-electron chi connectivity index (χ2n) is 10.2. The van der Waals surface area contributed by atoms with Crippen LogP contribution in [-0.2, 0) is 22.9 Å². The number of fused-ring (bicyclic) bond motifs is 2. The van der Waals surface area contributed by atoms with Crippen molar-refractivity contribution in [3.63, 3.8) is 0 Å². The third-order valence-corrected chi connectivity index (χ3v) is 8.41. The van der Waals surface area contributed by atoms with Gasteiger partial charge in [-0.1, -0.05) is 13.8 Å². The first-order valence-corrected chi connectivity index (χ1v) is 13.9. The largest absolute Gasteiger partial charge is 0.351 e. The van der Waals surface area contributed by atoms with Gasteiger partial charge in [-0.15, -0.1) is 10.2 Å². The maximum Gasteiger partial charge on any atom is 0.241 e. The Labute approximate surface area is 210 Å². The Hall–Kier alpha value is -3.37. The van der Waals surface area contributed by atoms with Crippen molar-refractivity contribution in [1.29, 1.82) is 0 Å². The summed E-state index contributed by atoms with van der Waals surface area (Å²) < 4.78 is 32.1. The number of hydrogen-bond acceptors (Lipinski definition) is 7. The molecule has 4 aromatic rings. The van der Waals surface area contributed by atoms with Gasteiger partial charge in [-0.05, 0) is 67.0 Å². The Kier molecular flexibility index (Phi) is 5.72. The molecule has 0 amide bonds. The topological polar surface area (TPSA) is 115 Å². The molecule has 6 rings (SSSR count). The molecule has 0 bridgehead atoms. The summed E-state index contributed by atoms with van der Waals surface area (Å²) in [4.78, 5) is 9.24. The van der Waals surface area contributed by atoms with Crippen LogP contribution in [0.25, 0.3) is 16.5 Å². The molecular weight excluding hydrogens is 474 g/mol. The minimum absolute atomic E-state index is 0.0219. The summed E-state index contributed by atoms with van der Waals surface area (Å²) in [5.41, 5.74) is 3.74. The smallest absolute Gasteiger partial charge is 0.241 e. The van der Waals surface area contributed by atoms with Gasteiger partial charge in [0, 0.05) is 47.4 Å². The van der Waals surface area contributed by atoms with E-state index in [1.807, 2.05) is 42.8 Å². The van der Waals surface area contributed by atoms with Crippen molar-refractivity contribution in [2.45, 2.75) is 56.4 Å². The van der Waals surface area contributed by atoms with Gasteiger partial charge in [0.2, 0.25) is 16.0 Å². The van der Waals surface area contributed by atoms with Crippen molar-refractivity contribution >= 4 is 26.7 Å². The Morgan fingerprint density at radius 1 is 1.17 bits per heavy atom. The van der Waals surface area contributed by atoms with E-state index in [4.69, 9.17) is 0 Å². The molecule has 0 unspecified atom stereocenters. The van der Waals surface area contributed by atoms with E-state index in [1.165, 1.54) is 0 Å². The monoisotopic (exact) mass is 503 g/mol. The SMILES string of the molecule is CC(C)CNS(=O)(=O)c1c2c(cc3cnc(C4CC4)cc13)C[C@@H](Nc1nncn1-c1cccnc1)C2. The van der Waals surface area contributed by atoms with Crippen molar-refractivity contribution in [1.82, 2.24) is 29.5 Å². The summed E-state index contributed by atoms with van der Waals surface area (Å²) >= 11 is 0. The Morgan fingerprint density at radius 2 is 2.03 bits per heavy atom. The molecule has 3 aromatic heterocycles. The van der Waals surface area contributed by atoms with Crippen LogP contribution in [0, 0.1) is 5.92 Å². The highest BCUT2D eigenvalue weighted by atomic mass is 32.2. The van der Waals surface area contributed by atoms with Crippen LogP contribution in [0.2, 0.25) is 0 Å². The maximum atomic E-state index is 13.7. The van der Waals surface area contributed by atoms with Gasteiger partial charge >= 0.3 is 0 Å². The maximum absolute atomic E-state index is 13.7. The molecule has 3 heterocycles. The molecule has 0 radical (unpaired) electrons. The lowest BCUT2D eigenvalue weighted by molar-refractivity contribution is 0.560. The van der Waals surface area contributed by atoms with E-state index in [-0.39, 0.29) is 12.0 Å². The van der Waals surface area contributed by atoms with E-state index >= 15 is 0 Å². The zero-order valence-corrected chi connectivity index (χ0v) is 21.2. The molecule has 1 fully saturated rings.